The topological polar surface area (TPSA) is 29.1 Å². The minimum atomic E-state index is -0.150. The lowest BCUT2D eigenvalue weighted by molar-refractivity contribution is -0.122. The van der Waals surface area contributed by atoms with E-state index < -0.39 is 0 Å². The summed E-state index contributed by atoms with van der Waals surface area (Å²) in [5.41, 5.74) is 2.10. The molecule has 0 bridgehead atoms. The molecule has 1 amide bonds. The van der Waals surface area contributed by atoms with Gasteiger partial charge >= 0.3 is 0 Å². The Morgan fingerprint density at radius 3 is 2.72 bits per heavy atom. The van der Waals surface area contributed by atoms with Gasteiger partial charge in [0.15, 0.2) is 0 Å². The Hall–Kier alpha value is -1.02. The van der Waals surface area contributed by atoms with Crippen LogP contribution in [0.4, 0.5) is 0 Å². The highest BCUT2D eigenvalue weighted by Crippen LogP contribution is 2.30. The SMILES string of the molecule is Cc1cccc(CC(=O)NC2(CCl)CCCC2)c1. The van der Waals surface area contributed by atoms with Gasteiger partial charge in [0.05, 0.1) is 12.0 Å². The quantitative estimate of drug-likeness (QED) is 0.833. The maximum Gasteiger partial charge on any atom is 0.224 e. The van der Waals surface area contributed by atoms with Gasteiger partial charge in [0.2, 0.25) is 5.91 Å². The van der Waals surface area contributed by atoms with E-state index in [0.29, 0.717) is 12.3 Å². The number of hydrogen-bond donors (Lipinski definition) is 1. The highest BCUT2D eigenvalue weighted by Gasteiger charge is 2.34. The van der Waals surface area contributed by atoms with Crippen LogP contribution in [-0.2, 0) is 11.2 Å². The second-order valence-electron chi connectivity index (χ2n) is 5.34. The zero-order valence-electron chi connectivity index (χ0n) is 10.8. The molecule has 1 fully saturated rings. The van der Waals surface area contributed by atoms with E-state index in [0.717, 1.165) is 31.2 Å². The summed E-state index contributed by atoms with van der Waals surface area (Å²) < 4.78 is 0. The van der Waals surface area contributed by atoms with Gasteiger partial charge in [0.25, 0.3) is 0 Å². The molecule has 3 heteroatoms. The molecule has 0 heterocycles. The summed E-state index contributed by atoms with van der Waals surface area (Å²) in [4.78, 5) is 12.1. The van der Waals surface area contributed by atoms with Gasteiger partial charge in [-0.2, -0.15) is 0 Å². The fourth-order valence-corrected chi connectivity index (χ4v) is 3.03. The number of carbonyl (C=O) groups excluding carboxylic acids is 1. The molecule has 1 N–H and O–H groups in total. The number of alkyl halides is 1. The highest BCUT2D eigenvalue weighted by molar-refractivity contribution is 6.18. The molecule has 98 valence electrons. The van der Waals surface area contributed by atoms with Gasteiger partial charge in [-0.3, -0.25) is 4.79 Å². The number of rotatable bonds is 4. The van der Waals surface area contributed by atoms with E-state index in [4.69, 9.17) is 11.6 Å². The van der Waals surface area contributed by atoms with Gasteiger partial charge < -0.3 is 5.32 Å². The van der Waals surface area contributed by atoms with Crippen molar-refractivity contribution in [3.63, 3.8) is 0 Å². The number of carbonyl (C=O) groups is 1. The van der Waals surface area contributed by atoms with Gasteiger partial charge in [0, 0.05) is 5.88 Å². The van der Waals surface area contributed by atoms with Crippen molar-refractivity contribution in [2.75, 3.05) is 5.88 Å². The van der Waals surface area contributed by atoms with E-state index in [2.05, 4.69) is 11.4 Å². The smallest absolute Gasteiger partial charge is 0.224 e. The van der Waals surface area contributed by atoms with E-state index >= 15 is 0 Å². The van der Waals surface area contributed by atoms with Crippen molar-refractivity contribution in [1.29, 1.82) is 0 Å². The predicted molar refractivity (Wildman–Crippen MR) is 74.9 cm³/mol. The third-order valence-corrected chi connectivity index (χ3v) is 4.18. The number of halogens is 1. The summed E-state index contributed by atoms with van der Waals surface area (Å²) in [6.45, 7) is 2.04. The Balaban J connectivity index is 1.96. The molecule has 0 radical (unpaired) electrons. The number of hydrogen-bond acceptors (Lipinski definition) is 1. The highest BCUT2D eigenvalue weighted by atomic mass is 35.5. The van der Waals surface area contributed by atoms with Crippen molar-refractivity contribution in [3.8, 4) is 0 Å². The molecule has 0 atom stereocenters. The zero-order valence-corrected chi connectivity index (χ0v) is 11.6. The minimum Gasteiger partial charge on any atom is -0.349 e. The van der Waals surface area contributed by atoms with Crippen molar-refractivity contribution in [2.24, 2.45) is 0 Å². The van der Waals surface area contributed by atoms with Crippen LogP contribution in [0.25, 0.3) is 0 Å². The van der Waals surface area contributed by atoms with E-state index in [1.165, 1.54) is 5.56 Å². The average Bonchev–Trinajstić information content (AvgIpc) is 2.78. The molecule has 0 aliphatic heterocycles. The van der Waals surface area contributed by atoms with Crippen LogP contribution in [0, 0.1) is 6.92 Å². The number of aryl methyl sites for hydroxylation is 1. The first kappa shape index (κ1) is 13.4. The van der Waals surface area contributed by atoms with E-state index in [9.17, 15) is 4.79 Å². The maximum atomic E-state index is 12.1. The van der Waals surface area contributed by atoms with Crippen molar-refractivity contribution < 1.29 is 4.79 Å². The normalized spacial score (nSPS) is 17.7. The minimum absolute atomic E-state index is 0.0863. The first-order valence-corrected chi connectivity index (χ1v) is 7.10. The molecule has 1 aliphatic carbocycles. The lowest BCUT2D eigenvalue weighted by atomic mass is 9.99. The maximum absolute atomic E-state index is 12.1. The molecule has 18 heavy (non-hydrogen) atoms. The van der Waals surface area contributed by atoms with E-state index in [-0.39, 0.29) is 11.4 Å². The second-order valence-corrected chi connectivity index (χ2v) is 5.60. The molecule has 2 nitrogen and oxygen atoms in total. The van der Waals surface area contributed by atoms with Crippen molar-refractivity contribution in [2.45, 2.75) is 44.6 Å². The Morgan fingerprint density at radius 2 is 2.11 bits per heavy atom. The van der Waals surface area contributed by atoms with Gasteiger partial charge in [-0.1, -0.05) is 42.7 Å². The Kier molecular flexibility index (Phi) is 4.28. The fourth-order valence-electron chi connectivity index (χ4n) is 2.69. The van der Waals surface area contributed by atoms with Crippen LogP contribution in [-0.4, -0.2) is 17.3 Å². The van der Waals surface area contributed by atoms with Crippen LogP contribution in [0.15, 0.2) is 24.3 Å². The summed E-state index contributed by atoms with van der Waals surface area (Å²) in [6.07, 6.45) is 4.79. The fraction of sp³-hybridized carbons (Fsp3) is 0.533. The zero-order chi connectivity index (χ0) is 13.0. The Labute approximate surface area is 114 Å². The summed E-state index contributed by atoms with van der Waals surface area (Å²) in [6, 6.07) is 8.08. The van der Waals surface area contributed by atoms with Crippen LogP contribution in [0.5, 0.6) is 0 Å². The first-order chi connectivity index (χ1) is 8.63. The first-order valence-electron chi connectivity index (χ1n) is 6.56. The van der Waals surface area contributed by atoms with Crippen molar-refractivity contribution in [1.82, 2.24) is 5.32 Å². The molecular weight excluding hydrogens is 246 g/mol. The lowest BCUT2D eigenvalue weighted by Gasteiger charge is -2.27. The van der Waals surface area contributed by atoms with Crippen LogP contribution < -0.4 is 5.32 Å². The largest absolute Gasteiger partial charge is 0.349 e. The summed E-state index contributed by atoms with van der Waals surface area (Å²) in [5.74, 6) is 0.607. The molecule has 0 spiro atoms. The molecule has 1 aromatic carbocycles. The Bertz CT molecular complexity index is 424. The van der Waals surface area contributed by atoms with Gasteiger partial charge in [-0.25, -0.2) is 0 Å². The summed E-state index contributed by atoms with van der Waals surface area (Å²) in [5, 5.41) is 3.14. The predicted octanol–water partition coefficient (Wildman–Crippen LogP) is 3.21. The summed E-state index contributed by atoms with van der Waals surface area (Å²) >= 11 is 6.02. The van der Waals surface area contributed by atoms with Crippen molar-refractivity contribution in [3.05, 3.63) is 35.4 Å². The van der Waals surface area contributed by atoms with Crippen LogP contribution in [0.1, 0.15) is 36.8 Å². The average molecular weight is 266 g/mol. The van der Waals surface area contributed by atoms with Crippen LogP contribution >= 0.6 is 11.6 Å². The molecule has 0 saturated heterocycles. The van der Waals surface area contributed by atoms with E-state index in [1.54, 1.807) is 0 Å². The molecule has 0 unspecified atom stereocenters. The molecule has 2 rings (SSSR count). The van der Waals surface area contributed by atoms with Crippen molar-refractivity contribution >= 4 is 17.5 Å². The Morgan fingerprint density at radius 1 is 1.39 bits per heavy atom. The van der Waals surface area contributed by atoms with Gasteiger partial charge in [0.1, 0.15) is 0 Å². The second kappa shape index (κ2) is 5.75. The molecule has 1 aromatic rings. The number of amides is 1. The van der Waals surface area contributed by atoms with Crippen LogP contribution in [0.2, 0.25) is 0 Å². The van der Waals surface area contributed by atoms with E-state index in [1.807, 2.05) is 25.1 Å². The molecular formula is C15H20ClNO. The molecule has 1 aliphatic rings. The number of nitrogens with one attached hydrogen (secondary N) is 1. The van der Waals surface area contributed by atoms with Crippen LogP contribution in [0.3, 0.4) is 0 Å². The third-order valence-electron chi connectivity index (χ3n) is 3.67. The molecule has 0 aromatic heterocycles. The standard InChI is InChI=1S/C15H20ClNO/c1-12-5-4-6-13(9-12)10-14(18)17-15(11-16)7-2-3-8-15/h4-6,9H,2-3,7-8,10-11H2,1H3,(H,17,18). The molecule has 1 saturated carbocycles. The monoisotopic (exact) mass is 265 g/mol. The third kappa shape index (κ3) is 3.26. The van der Waals surface area contributed by atoms with Gasteiger partial charge in [-0.05, 0) is 25.3 Å². The number of benzene rings is 1. The van der Waals surface area contributed by atoms with Gasteiger partial charge in [-0.15, -0.1) is 11.6 Å². The lowest BCUT2D eigenvalue weighted by Crippen LogP contribution is -2.48. The summed E-state index contributed by atoms with van der Waals surface area (Å²) in [7, 11) is 0.